The molecule has 0 saturated heterocycles. The Kier molecular flexibility index (Phi) is 5.73. The van der Waals surface area contributed by atoms with Crippen LogP contribution in [0.5, 0.6) is 5.75 Å². The van der Waals surface area contributed by atoms with Gasteiger partial charge in [-0.2, -0.15) is 0 Å². The van der Waals surface area contributed by atoms with Crippen LogP contribution in [0.25, 0.3) is 6.08 Å². The number of carbonyl (C=O) groups excluding carboxylic acids is 2. The molecule has 0 fully saturated rings. The predicted octanol–water partition coefficient (Wildman–Crippen LogP) is 3.60. The lowest BCUT2D eigenvalue weighted by Crippen LogP contribution is -2.33. The zero-order valence-corrected chi connectivity index (χ0v) is 15.9. The number of methoxy groups -OCH3 is 1. The van der Waals surface area contributed by atoms with Crippen molar-refractivity contribution >= 4 is 39.6 Å². The number of halogens is 1. The van der Waals surface area contributed by atoms with Crippen LogP contribution < -0.4 is 9.64 Å². The molecular formula is C20H18BrNO4. The fourth-order valence-electron chi connectivity index (χ4n) is 2.85. The van der Waals surface area contributed by atoms with Crippen molar-refractivity contribution in [2.75, 3.05) is 25.2 Å². The number of hydrogen-bond acceptors (Lipinski definition) is 4. The molecule has 1 amide bonds. The molecule has 2 aromatic rings. The molecule has 1 heterocycles. The molecule has 0 unspecified atom stereocenters. The Labute approximate surface area is 160 Å². The van der Waals surface area contributed by atoms with E-state index >= 15 is 0 Å². The molecule has 0 radical (unpaired) electrons. The molecule has 0 bridgehead atoms. The fraction of sp³-hybridized carbons (Fsp3) is 0.200. The first kappa shape index (κ1) is 18.2. The summed E-state index contributed by atoms with van der Waals surface area (Å²) in [6.45, 7) is 0.327. The monoisotopic (exact) mass is 415 g/mol. The summed E-state index contributed by atoms with van der Waals surface area (Å²) in [6.07, 6.45) is 3.70. The molecule has 6 heteroatoms. The minimum atomic E-state index is -0.576. The van der Waals surface area contributed by atoms with Crippen molar-refractivity contribution in [1.82, 2.24) is 0 Å². The van der Waals surface area contributed by atoms with E-state index in [0.717, 1.165) is 27.7 Å². The van der Waals surface area contributed by atoms with Gasteiger partial charge in [0.25, 0.3) is 5.91 Å². The van der Waals surface area contributed by atoms with Gasteiger partial charge in [-0.05, 0) is 42.3 Å². The highest BCUT2D eigenvalue weighted by Gasteiger charge is 2.24. The van der Waals surface area contributed by atoms with E-state index in [1.165, 1.54) is 6.08 Å². The highest BCUT2D eigenvalue weighted by atomic mass is 79.9. The number of amides is 1. The van der Waals surface area contributed by atoms with Crippen molar-refractivity contribution in [3.8, 4) is 5.75 Å². The lowest BCUT2D eigenvalue weighted by molar-refractivity contribution is -0.142. The Bertz CT molecular complexity index is 863. The van der Waals surface area contributed by atoms with Crippen LogP contribution in [-0.2, 0) is 20.7 Å². The first-order valence-corrected chi connectivity index (χ1v) is 8.94. The van der Waals surface area contributed by atoms with E-state index in [1.54, 1.807) is 24.2 Å². The number of benzene rings is 2. The van der Waals surface area contributed by atoms with Crippen molar-refractivity contribution in [3.63, 3.8) is 0 Å². The molecule has 2 aromatic carbocycles. The average molecular weight is 416 g/mol. The Morgan fingerprint density at radius 1 is 1.23 bits per heavy atom. The molecule has 134 valence electrons. The minimum absolute atomic E-state index is 0.225. The van der Waals surface area contributed by atoms with Crippen molar-refractivity contribution in [3.05, 3.63) is 64.1 Å². The van der Waals surface area contributed by atoms with Crippen LogP contribution in [-0.4, -0.2) is 32.1 Å². The van der Waals surface area contributed by atoms with Crippen LogP contribution >= 0.6 is 15.9 Å². The zero-order chi connectivity index (χ0) is 18.5. The summed E-state index contributed by atoms with van der Waals surface area (Å²) in [5.41, 5.74) is 2.76. The molecule has 0 atom stereocenters. The van der Waals surface area contributed by atoms with Gasteiger partial charge in [0.2, 0.25) is 0 Å². The number of rotatable bonds is 5. The number of fused-ring (bicyclic) bond motifs is 1. The molecule has 3 rings (SSSR count). The number of esters is 1. The molecule has 0 saturated carbocycles. The van der Waals surface area contributed by atoms with E-state index in [9.17, 15) is 9.59 Å². The van der Waals surface area contributed by atoms with E-state index in [4.69, 9.17) is 9.47 Å². The Morgan fingerprint density at radius 2 is 2.04 bits per heavy atom. The molecule has 0 N–H and O–H groups in total. The maximum atomic E-state index is 12.3. The number of anilines is 1. The van der Waals surface area contributed by atoms with E-state index in [-0.39, 0.29) is 12.5 Å². The lowest BCUT2D eigenvalue weighted by Gasteiger charge is -2.16. The summed E-state index contributed by atoms with van der Waals surface area (Å²) >= 11 is 3.38. The van der Waals surface area contributed by atoms with Crippen LogP contribution in [0.2, 0.25) is 0 Å². The summed E-state index contributed by atoms with van der Waals surface area (Å²) < 4.78 is 11.2. The number of hydrogen-bond donors (Lipinski definition) is 0. The Hall–Kier alpha value is -2.60. The van der Waals surface area contributed by atoms with Crippen molar-refractivity contribution < 1.29 is 19.1 Å². The normalized spacial score (nSPS) is 12.9. The molecule has 0 aliphatic carbocycles. The molecule has 0 spiro atoms. The largest absolute Gasteiger partial charge is 0.496 e. The third-order valence-corrected chi connectivity index (χ3v) is 4.61. The van der Waals surface area contributed by atoms with Crippen LogP contribution in [0.15, 0.2) is 53.0 Å². The summed E-state index contributed by atoms with van der Waals surface area (Å²) in [5, 5.41) is 0. The Morgan fingerprint density at radius 3 is 2.85 bits per heavy atom. The highest BCUT2D eigenvalue weighted by Crippen LogP contribution is 2.27. The van der Waals surface area contributed by atoms with Gasteiger partial charge in [-0.3, -0.25) is 4.79 Å². The van der Waals surface area contributed by atoms with Gasteiger partial charge in [0, 0.05) is 28.3 Å². The summed E-state index contributed by atoms with van der Waals surface area (Å²) in [6, 6.07) is 13.2. The van der Waals surface area contributed by atoms with E-state index in [2.05, 4.69) is 15.9 Å². The Balaban J connectivity index is 1.58. The first-order chi connectivity index (χ1) is 12.6. The predicted molar refractivity (Wildman–Crippen MR) is 103 cm³/mol. The number of carbonyl (C=O) groups is 2. The van der Waals surface area contributed by atoms with Crippen LogP contribution in [0.1, 0.15) is 11.1 Å². The third kappa shape index (κ3) is 4.14. The van der Waals surface area contributed by atoms with E-state index in [1.807, 2.05) is 36.4 Å². The maximum absolute atomic E-state index is 12.3. The van der Waals surface area contributed by atoms with Crippen LogP contribution in [0.3, 0.4) is 0 Å². The molecule has 1 aliphatic heterocycles. The van der Waals surface area contributed by atoms with Gasteiger partial charge in [-0.25, -0.2) is 4.79 Å². The second-order valence-electron chi connectivity index (χ2n) is 5.75. The van der Waals surface area contributed by atoms with Crippen LogP contribution in [0, 0.1) is 0 Å². The number of nitrogens with zero attached hydrogens (tertiary/aromatic N) is 1. The quantitative estimate of drug-likeness (QED) is 0.552. The standard InChI is InChI=1S/C20H18BrNO4/c1-25-18-8-7-16(21)12-15(18)6-9-20(24)26-13-19(23)22-11-10-14-4-2-3-5-17(14)22/h2-9,12H,10-11,13H2,1H3/b9-6+. The summed E-state index contributed by atoms with van der Waals surface area (Å²) in [5.74, 6) is -0.161. The van der Waals surface area contributed by atoms with Crippen molar-refractivity contribution in [2.45, 2.75) is 6.42 Å². The van der Waals surface area contributed by atoms with Crippen molar-refractivity contribution in [1.29, 1.82) is 0 Å². The van der Waals surface area contributed by atoms with Gasteiger partial charge in [-0.1, -0.05) is 34.1 Å². The molecule has 26 heavy (non-hydrogen) atoms. The summed E-state index contributed by atoms with van der Waals surface area (Å²) in [4.78, 5) is 25.9. The van der Waals surface area contributed by atoms with Crippen LogP contribution in [0.4, 0.5) is 5.69 Å². The van der Waals surface area contributed by atoms with Gasteiger partial charge < -0.3 is 14.4 Å². The van der Waals surface area contributed by atoms with Gasteiger partial charge >= 0.3 is 5.97 Å². The highest BCUT2D eigenvalue weighted by molar-refractivity contribution is 9.10. The van der Waals surface area contributed by atoms with E-state index in [0.29, 0.717) is 12.3 Å². The van der Waals surface area contributed by atoms with Gasteiger partial charge in [0.1, 0.15) is 5.75 Å². The minimum Gasteiger partial charge on any atom is -0.496 e. The SMILES string of the molecule is COc1ccc(Br)cc1/C=C/C(=O)OCC(=O)N1CCc2ccccc21. The molecule has 0 aromatic heterocycles. The van der Waals surface area contributed by atoms with Crippen molar-refractivity contribution in [2.24, 2.45) is 0 Å². The molecule has 1 aliphatic rings. The second-order valence-corrected chi connectivity index (χ2v) is 6.67. The molecular weight excluding hydrogens is 398 g/mol. The lowest BCUT2D eigenvalue weighted by atomic mass is 10.2. The number of para-hydroxylation sites is 1. The summed E-state index contributed by atoms with van der Waals surface area (Å²) in [7, 11) is 1.56. The third-order valence-electron chi connectivity index (χ3n) is 4.12. The van der Waals surface area contributed by atoms with E-state index < -0.39 is 5.97 Å². The first-order valence-electron chi connectivity index (χ1n) is 8.15. The van der Waals surface area contributed by atoms with Gasteiger partial charge in [0.15, 0.2) is 6.61 Å². The van der Waals surface area contributed by atoms with Gasteiger partial charge in [0.05, 0.1) is 7.11 Å². The smallest absolute Gasteiger partial charge is 0.331 e. The van der Waals surface area contributed by atoms with Gasteiger partial charge in [-0.15, -0.1) is 0 Å². The second kappa shape index (κ2) is 8.19. The number of ether oxygens (including phenoxy) is 2. The molecule has 5 nitrogen and oxygen atoms in total. The topological polar surface area (TPSA) is 55.8 Å². The average Bonchev–Trinajstić information content (AvgIpc) is 3.08. The zero-order valence-electron chi connectivity index (χ0n) is 14.3. The maximum Gasteiger partial charge on any atom is 0.331 e. The fourth-order valence-corrected chi connectivity index (χ4v) is 3.23.